The molecule has 2 aromatic rings. The molecule has 2 rings (SSSR count). The average Bonchev–Trinajstić information content (AvgIpc) is 2.50. The Morgan fingerprint density at radius 3 is 2.24 bits per heavy atom. The predicted molar refractivity (Wildman–Crippen MR) is 85.6 cm³/mol. The van der Waals surface area contributed by atoms with Crippen molar-refractivity contribution in [3.63, 3.8) is 0 Å². The molecule has 0 aliphatic rings. The molecular weight excluding hydrogens is 263 g/mol. The van der Waals surface area contributed by atoms with Crippen molar-refractivity contribution >= 4 is 0 Å². The molecule has 1 unspecified atom stereocenters. The Morgan fingerprint density at radius 2 is 1.67 bits per heavy atom. The number of hydrogen-bond donors (Lipinski definition) is 1. The number of hydrogen-bond acceptors (Lipinski definition) is 2. The van der Waals surface area contributed by atoms with Crippen molar-refractivity contribution in [2.75, 3.05) is 20.1 Å². The topological polar surface area (TPSA) is 29.3 Å². The molecule has 0 radical (unpaired) electrons. The van der Waals surface area contributed by atoms with E-state index in [0.29, 0.717) is 6.54 Å². The number of likely N-dealkylation sites (N-methyl/N-ethyl adjacent to an activating group) is 1. The molecule has 0 spiro atoms. The molecule has 0 saturated heterocycles. The van der Waals surface area contributed by atoms with Crippen LogP contribution in [0.4, 0.5) is 4.39 Å². The summed E-state index contributed by atoms with van der Waals surface area (Å²) in [6.45, 7) is 4.40. The van der Waals surface area contributed by atoms with Gasteiger partial charge in [0.2, 0.25) is 0 Å². The summed E-state index contributed by atoms with van der Waals surface area (Å²) in [6.07, 6.45) is 0. The van der Waals surface area contributed by atoms with E-state index in [2.05, 4.69) is 31.0 Å². The highest BCUT2D eigenvalue weighted by molar-refractivity contribution is 5.25. The number of nitrogens with zero attached hydrogens (tertiary/aromatic N) is 1. The van der Waals surface area contributed by atoms with Crippen LogP contribution in [0.25, 0.3) is 0 Å². The molecule has 2 aromatic carbocycles. The SMILES string of the molecule is CN(Cc1ccc(F)cc1)CC(C)(CN)c1ccccc1. The molecule has 0 aromatic heterocycles. The smallest absolute Gasteiger partial charge is 0.123 e. The van der Waals surface area contributed by atoms with E-state index in [1.807, 2.05) is 30.3 Å². The molecule has 0 saturated carbocycles. The Morgan fingerprint density at radius 1 is 1.05 bits per heavy atom. The maximum atomic E-state index is 12.9. The van der Waals surface area contributed by atoms with Gasteiger partial charge in [-0.3, -0.25) is 0 Å². The summed E-state index contributed by atoms with van der Waals surface area (Å²) in [5.41, 5.74) is 8.29. The Labute approximate surface area is 126 Å². The molecule has 112 valence electrons. The molecule has 2 nitrogen and oxygen atoms in total. The lowest BCUT2D eigenvalue weighted by molar-refractivity contribution is 0.252. The molecule has 0 fully saturated rings. The first-order valence-electron chi connectivity index (χ1n) is 7.22. The van der Waals surface area contributed by atoms with E-state index in [1.54, 1.807) is 0 Å². The first-order valence-corrected chi connectivity index (χ1v) is 7.22. The second-order valence-corrected chi connectivity index (χ2v) is 5.93. The molecule has 0 amide bonds. The van der Waals surface area contributed by atoms with Crippen LogP contribution in [-0.2, 0) is 12.0 Å². The van der Waals surface area contributed by atoms with Gasteiger partial charge in [-0.25, -0.2) is 4.39 Å². The van der Waals surface area contributed by atoms with Crippen molar-refractivity contribution in [2.24, 2.45) is 5.73 Å². The van der Waals surface area contributed by atoms with Crippen molar-refractivity contribution < 1.29 is 4.39 Å². The van der Waals surface area contributed by atoms with E-state index in [-0.39, 0.29) is 11.2 Å². The van der Waals surface area contributed by atoms with Crippen molar-refractivity contribution in [3.8, 4) is 0 Å². The van der Waals surface area contributed by atoms with Crippen molar-refractivity contribution in [3.05, 3.63) is 71.5 Å². The van der Waals surface area contributed by atoms with Crippen LogP contribution in [-0.4, -0.2) is 25.0 Å². The Bertz CT molecular complexity index is 553. The van der Waals surface area contributed by atoms with E-state index in [9.17, 15) is 4.39 Å². The van der Waals surface area contributed by atoms with Gasteiger partial charge in [0.05, 0.1) is 0 Å². The summed E-state index contributed by atoms with van der Waals surface area (Å²) >= 11 is 0. The van der Waals surface area contributed by atoms with Gasteiger partial charge in [0.25, 0.3) is 0 Å². The van der Waals surface area contributed by atoms with E-state index < -0.39 is 0 Å². The summed E-state index contributed by atoms with van der Waals surface area (Å²) in [7, 11) is 2.07. The van der Waals surface area contributed by atoms with Gasteiger partial charge < -0.3 is 10.6 Å². The zero-order valence-electron chi connectivity index (χ0n) is 12.7. The van der Waals surface area contributed by atoms with Crippen molar-refractivity contribution in [1.29, 1.82) is 0 Å². The summed E-state index contributed by atoms with van der Waals surface area (Å²) in [5.74, 6) is -0.197. The highest BCUT2D eigenvalue weighted by Gasteiger charge is 2.26. The number of halogens is 1. The fraction of sp³-hybridized carbons (Fsp3) is 0.333. The minimum Gasteiger partial charge on any atom is -0.330 e. The Balaban J connectivity index is 2.06. The van der Waals surface area contributed by atoms with Gasteiger partial charge in [0, 0.05) is 25.0 Å². The summed E-state index contributed by atoms with van der Waals surface area (Å²) in [4.78, 5) is 2.23. The highest BCUT2D eigenvalue weighted by Crippen LogP contribution is 2.24. The lowest BCUT2D eigenvalue weighted by atomic mass is 9.82. The van der Waals surface area contributed by atoms with Gasteiger partial charge in [-0.2, -0.15) is 0 Å². The zero-order valence-corrected chi connectivity index (χ0v) is 12.7. The van der Waals surface area contributed by atoms with Gasteiger partial charge >= 0.3 is 0 Å². The summed E-state index contributed by atoms with van der Waals surface area (Å²) < 4.78 is 12.9. The van der Waals surface area contributed by atoms with E-state index in [4.69, 9.17) is 5.73 Å². The quantitative estimate of drug-likeness (QED) is 0.883. The van der Waals surface area contributed by atoms with E-state index >= 15 is 0 Å². The first-order chi connectivity index (χ1) is 10.0. The second-order valence-electron chi connectivity index (χ2n) is 5.93. The van der Waals surface area contributed by atoms with Crippen molar-refractivity contribution in [2.45, 2.75) is 18.9 Å². The third kappa shape index (κ3) is 4.13. The van der Waals surface area contributed by atoms with Crippen LogP contribution >= 0.6 is 0 Å². The Hall–Kier alpha value is -1.71. The van der Waals surface area contributed by atoms with E-state index in [0.717, 1.165) is 18.7 Å². The molecule has 0 bridgehead atoms. The van der Waals surface area contributed by atoms with Crippen molar-refractivity contribution in [1.82, 2.24) is 4.90 Å². The molecule has 21 heavy (non-hydrogen) atoms. The normalized spacial score (nSPS) is 14.1. The minimum absolute atomic E-state index is 0.0873. The van der Waals surface area contributed by atoms with Gasteiger partial charge in [0.15, 0.2) is 0 Å². The molecule has 1 atom stereocenters. The standard InChI is InChI=1S/C18H23FN2/c1-18(13-20,16-6-4-3-5-7-16)14-21(2)12-15-8-10-17(19)11-9-15/h3-11H,12-14,20H2,1-2H3. The van der Waals surface area contributed by atoms with Crippen LogP contribution < -0.4 is 5.73 Å². The van der Waals surface area contributed by atoms with Gasteiger partial charge in [-0.1, -0.05) is 49.4 Å². The van der Waals surface area contributed by atoms with Crippen LogP contribution in [0.15, 0.2) is 54.6 Å². The number of rotatable bonds is 6. The first kappa shape index (κ1) is 15.7. The van der Waals surface area contributed by atoms with Crippen LogP contribution in [0.3, 0.4) is 0 Å². The molecule has 2 N–H and O–H groups in total. The highest BCUT2D eigenvalue weighted by atomic mass is 19.1. The summed E-state index contributed by atoms with van der Waals surface area (Å²) in [6, 6.07) is 17.0. The fourth-order valence-electron chi connectivity index (χ4n) is 2.67. The largest absolute Gasteiger partial charge is 0.330 e. The maximum absolute atomic E-state index is 12.9. The van der Waals surface area contributed by atoms with Crippen LogP contribution in [0.1, 0.15) is 18.1 Å². The van der Waals surface area contributed by atoms with Crippen LogP contribution in [0, 0.1) is 5.82 Å². The molecule has 0 aliphatic heterocycles. The maximum Gasteiger partial charge on any atom is 0.123 e. The fourth-order valence-corrected chi connectivity index (χ4v) is 2.67. The lowest BCUT2D eigenvalue weighted by Gasteiger charge is -2.33. The predicted octanol–water partition coefficient (Wildman–Crippen LogP) is 3.17. The third-order valence-corrected chi connectivity index (χ3v) is 3.91. The Kier molecular flexibility index (Phi) is 5.10. The second kappa shape index (κ2) is 6.83. The van der Waals surface area contributed by atoms with Crippen LogP contribution in [0.2, 0.25) is 0 Å². The molecule has 0 aliphatic carbocycles. The molecular formula is C18H23FN2. The summed E-state index contributed by atoms with van der Waals surface area (Å²) in [5, 5.41) is 0. The lowest BCUT2D eigenvalue weighted by Crippen LogP contribution is -2.42. The van der Waals surface area contributed by atoms with Gasteiger partial charge in [0.1, 0.15) is 5.82 Å². The monoisotopic (exact) mass is 286 g/mol. The third-order valence-electron chi connectivity index (χ3n) is 3.91. The number of benzene rings is 2. The average molecular weight is 286 g/mol. The van der Waals surface area contributed by atoms with Gasteiger partial charge in [-0.05, 0) is 30.3 Å². The minimum atomic E-state index is -0.197. The molecule has 0 heterocycles. The van der Waals surface area contributed by atoms with Gasteiger partial charge in [-0.15, -0.1) is 0 Å². The molecule has 3 heteroatoms. The van der Waals surface area contributed by atoms with E-state index in [1.165, 1.54) is 17.7 Å². The zero-order chi connectivity index (χ0) is 15.3. The number of nitrogens with two attached hydrogens (primary N) is 1. The van der Waals surface area contributed by atoms with Crippen LogP contribution in [0.5, 0.6) is 0 Å².